The van der Waals surface area contributed by atoms with Crippen molar-refractivity contribution in [1.82, 2.24) is 4.90 Å². The Hall–Kier alpha value is -0.610. The largest absolute Gasteiger partial charge is 0.459 e. The Morgan fingerprint density at radius 2 is 1.64 bits per heavy atom. The first kappa shape index (κ1) is 22.4. The number of unbranched alkanes of at least 4 members (excludes halogenated alkanes) is 5. The van der Waals surface area contributed by atoms with E-state index in [1.165, 1.54) is 38.5 Å². The maximum atomic E-state index is 11.9. The van der Waals surface area contributed by atoms with Crippen LogP contribution in [-0.2, 0) is 14.3 Å². The number of nitrogens with zero attached hydrogens (tertiary/aromatic N) is 1. The second kappa shape index (κ2) is 13.6. The zero-order chi connectivity index (χ0) is 18.4. The van der Waals surface area contributed by atoms with Crippen molar-refractivity contribution >= 4 is 5.97 Å². The molecule has 0 atom stereocenters. The molecule has 4 nitrogen and oxygen atoms in total. The monoisotopic (exact) mass is 355 g/mol. The molecule has 0 saturated carbocycles. The van der Waals surface area contributed by atoms with Gasteiger partial charge in [-0.05, 0) is 39.0 Å². The third-order valence-corrected chi connectivity index (χ3v) is 5.34. The van der Waals surface area contributed by atoms with Crippen LogP contribution >= 0.6 is 0 Å². The van der Waals surface area contributed by atoms with Gasteiger partial charge in [0, 0.05) is 39.3 Å². The van der Waals surface area contributed by atoms with Crippen LogP contribution in [0.5, 0.6) is 0 Å². The summed E-state index contributed by atoms with van der Waals surface area (Å²) in [6.45, 7) is 11.0. The van der Waals surface area contributed by atoms with E-state index in [1.807, 2.05) is 13.8 Å². The van der Waals surface area contributed by atoms with E-state index < -0.39 is 0 Å². The van der Waals surface area contributed by atoms with Gasteiger partial charge in [0.15, 0.2) is 0 Å². The lowest BCUT2D eigenvalue weighted by atomic mass is 9.85. The number of rotatable bonds is 14. The molecule has 1 rings (SSSR count). The molecule has 0 unspecified atom stereocenters. The van der Waals surface area contributed by atoms with Gasteiger partial charge in [-0.3, -0.25) is 4.79 Å². The number of ether oxygens (including phenoxy) is 2. The summed E-state index contributed by atoms with van der Waals surface area (Å²) in [5.74, 6) is -0.0317. The van der Waals surface area contributed by atoms with Gasteiger partial charge in [0.1, 0.15) is 5.60 Å². The molecule has 0 aromatic heterocycles. The summed E-state index contributed by atoms with van der Waals surface area (Å²) in [6.07, 6.45) is 12.3. The fourth-order valence-corrected chi connectivity index (χ4v) is 3.66. The first-order valence-electron chi connectivity index (χ1n) is 10.7. The molecule has 0 spiro atoms. The van der Waals surface area contributed by atoms with Crippen molar-refractivity contribution in [2.24, 2.45) is 0 Å². The molecule has 1 aliphatic heterocycles. The second-order valence-electron chi connectivity index (χ2n) is 7.42. The summed E-state index contributed by atoms with van der Waals surface area (Å²) in [5.41, 5.74) is -0.200. The topological polar surface area (TPSA) is 38.8 Å². The Kier molecular flexibility index (Phi) is 12.2. The number of esters is 1. The minimum atomic E-state index is -0.200. The van der Waals surface area contributed by atoms with Crippen LogP contribution in [0.15, 0.2) is 0 Å². The Labute approximate surface area is 155 Å². The molecule has 1 fully saturated rings. The molecule has 0 aliphatic carbocycles. The highest BCUT2D eigenvalue weighted by Gasteiger charge is 2.37. The van der Waals surface area contributed by atoms with E-state index in [-0.39, 0.29) is 11.6 Å². The third kappa shape index (κ3) is 9.60. The molecule has 0 radical (unpaired) electrons. The van der Waals surface area contributed by atoms with Gasteiger partial charge in [-0.25, -0.2) is 0 Å². The van der Waals surface area contributed by atoms with Crippen LogP contribution in [0.4, 0.5) is 0 Å². The molecular formula is C21H41NO3. The van der Waals surface area contributed by atoms with E-state index in [1.54, 1.807) is 0 Å². The molecule has 25 heavy (non-hydrogen) atoms. The standard InChI is InChI=1S/C21H41NO3/c1-4-7-8-9-10-11-13-21(25-20(23)5-2)14-17-22(18-15-21)16-12-19-24-6-3/h4-19H2,1-3H3. The van der Waals surface area contributed by atoms with Crippen LogP contribution in [-0.4, -0.2) is 49.3 Å². The average molecular weight is 356 g/mol. The minimum absolute atomic E-state index is 0.0317. The molecule has 0 N–H and O–H groups in total. The Balaban J connectivity index is 2.37. The summed E-state index contributed by atoms with van der Waals surface area (Å²) in [5, 5.41) is 0. The molecule has 4 heteroatoms. The van der Waals surface area contributed by atoms with E-state index >= 15 is 0 Å². The summed E-state index contributed by atoms with van der Waals surface area (Å²) < 4.78 is 11.4. The second-order valence-corrected chi connectivity index (χ2v) is 7.42. The van der Waals surface area contributed by atoms with Crippen LogP contribution < -0.4 is 0 Å². The van der Waals surface area contributed by atoms with Gasteiger partial charge >= 0.3 is 5.97 Å². The first-order chi connectivity index (χ1) is 12.2. The maximum absolute atomic E-state index is 11.9. The highest BCUT2D eigenvalue weighted by molar-refractivity contribution is 5.69. The SMILES string of the molecule is CCCCCCCCC1(OC(=O)CC)CCN(CCCOCC)CC1. The van der Waals surface area contributed by atoms with Crippen molar-refractivity contribution in [3.05, 3.63) is 0 Å². The first-order valence-corrected chi connectivity index (χ1v) is 10.7. The highest BCUT2D eigenvalue weighted by atomic mass is 16.6. The van der Waals surface area contributed by atoms with Gasteiger partial charge in [-0.15, -0.1) is 0 Å². The minimum Gasteiger partial charge on any atom is -0.459 e. The average Bonchev–Trinajstić information content (AvgIpc) is 2.63. The summed E-state index contributed by atoms with van der Waals surface area (Å²) in [6, 6.07) is 0. The fraction of sp³-hybridized carbons (Fsp3) is 0.952. The molecule has 0 aromatic carbocycles. The van der Waals surface area contributed by atoms with Crippen LogP contribution in [0, 0.1) is 0 Å². The molecule has 0 amide bonds. The van der Waals surface area contributed by atoms with Crippen molar-refractivity contribution in [2.75, 3.05) is 32.8 Å². The van der Waals surface area contributed by atoms with Gasteiger partial charge in [0.05, 0.1) is 0 Å². The van der Waals surface area contributed by atoms with E-state index in [0.29, 0.717) is 6.42 Å². The Bertz CT molecular complexity index is 338. The van der Waals surface area contributed by atoms with Crippen molar-refractivity contribution in [1.29, 1.82) is 0 Å². The molecule has 1 heterocycles. The molecular weight excluding hydrogens is 314 g/mol. The lowest BCUT2D eigenvalue weighted by Crippen LogP contribution is -2.47. The van der Waals surface area contributed by atoms with Crippen molar-refractivity contribution in [3.63, 3.8) is 0 Å². The summed E-state index contributed by atoms with van der Waals surface area (Å²) in [7, 11) is 0. The van der Waals surface area contributed by atoms with E-state index in [4.69, 9.17) is 9.47 Å². The van der Waals surface area contributed by atoms with Crippen molar-refractivity contribution in [3.8, 4) is 0 Å². The lowest BCUT2D eigenvalue weighted by Gasteiger charge is -2.41. The smallest absolute Gasteiger partial charge is 0.306 e. The van der Waals surface area contributed by atoms with Gasteiger partial charge in [0.2, 0.25) is 0 Å². The molecule has 1 aliphatic rings. The number of piperidine rings is 1. The van der Waals surface area contributed by atoms with Gasteiger partial charge in [-0.1, -0.05) is 46.0 Å². The number of carbonyl (C=O) groups is 1. The fourth-order valence-electron chi connectivity index (χ4n) is 3.66. The van der Waals surface area contributed by atoms with Crippen LogP contribution in [0.1, 0.15) is 91.4 Å². The predicted octanol–water partition coefficient (Wildman–Crippen LogP) is 4.95. The van der Waals surface area contributed by atoms with E-state index in [9.17, 15) is 4.79 Å². The summed E-state index contributed by atoms with van der Waals surface area (Å²) in [4.78, 5) is 14.4. The van der Waals surface area contributed by atoms with Crippen LogP contribution in [0.25, 0.3) is 0 Å². The highest BCUT2D eigenvalue weighted by Crippen LogP contribution is 2.32. The van der Waals surface area contributed by atoms with Crippen LogP contribution in [0.3, 0.4) is 0 Å². The third-order valence-electron chi connectivity index (χ3n) is 5.34. The van der Waals surface area contributed by atoms with Crippen molar-refractivity contribution < 1.29 is 14.3 Å². The lowest BCUT2D eigenvalue weighted by molar-refractivity contribution is -0.166. The zero-order valence-corrected chi connectivity index (χ0v) is 17.0. The van der Waals surface area contributed by atoms with E-state index in [2.05, 4.69) is 11.8 Å². The number of hydrogen-bond donors (Lipinski definition) is 0. The van der Waals surface area contributed by atoms with Gasteiger partial charge < -0.3 is 14.4 Å². The van der Waals surface area contributed by atoms with E-state index in [0.717, 1.165) is 58.5 Å². The molecule has 0 bridgehead atoms. The van der Waals surface area contributed by atoms with Crippen LogP contribution in [0.2, 0.25) is 0 Å². The zero-order valence-electron chi connectivity index (χ0n) is 17.0. The number of hydrogen-bond acceptors (Lipinski definition) is 4. The molecule has 0 aromatic rings. The van der Waals surface area contributed by atoms with Crippen molar-refractivity contribution in [2.45, 2.75) is 97.0 Å². The predicted molar refractivity (Wildman–Crippen MR) is 104 cm³/mol. The Morgan fingerprint density at radius 1 is 0.960 bits per heavy atom. The summed E-state index contributed by atoms with van der Waals surface area (Å²) >= 11 is 0. The quantitative estimate of drug-likeness (QED) is 0.326. The van der Waals surface area contributed by atoms with Gasteiger partial charge in [0.25, 0.3) is 0 Å². The van der Waals surface area contributed by atoms with Gasteiger partial charge in [-0.2, -0.15) is 0 Å². The Morgan fingerprint density at radius 3 is 2.28 bits per heavy atom. The molecule has 148 valence electrons. The maximum Gasteiger partial charge on any atom is 0.306 e. The normalized spacial score (nSPS) is 17.6. The number of likely N-dealkylation sites (tertiary alicyclic amines) is 1. The molecule has 1 saturated heterocycles. The number of carbonyl (C=O) groups excluding carboxylic acids is 1.